The molecule has 2 N–H and O–H groups in total. The van der Waals surface area contributed by atoms with Gasteiger partial charge in [-0.25, -0.2) is 8.42 Å². The van der Waals surface area contributed by atoms with Gasteiger partial charge in [-0.3, -0.25) is 9.52 Å². The number of carbonyl (C=O) groups is 1. The minimum Gasteiger partial charge on any atom is -0.351 e. The number of sulfonamides is 1. The highest BCUT2D eigenvalue weighted by Gasteiger charge is 2.18. The molecule has 0 aliphatic rings. The van der Waals surface area contributed by atoms with E-state index >= 15 is 0 Å². The Labute approximate surface area is 171 Å². The molecule has 0 atom stereocenters. The van der Waals surface area contributed by atoms with E-state index in [0.717, 1.165) is 11.1 Å². The van der Waals surface area contributed by atoms with Crippen LogP contribution in [0.15, 0.2) is 84.9 Å². The molecule has 0 aromatic heterocycles. The molecule has 0 aliphatic heterocycles. The molecule has 0 fully saturated rings. The van der Waals surface area contributed by atoms with Crippen LogP contribution in [0.25, 0.3) is 0 Å². The fourth-order valence-corrected chi connectivity index (χ4v) is 3.76. The fourth-order valence-electron chi connectivity index (χ4n) is 3.10. The molecule has 150 valence electrons. The Morgan fingerprint density at radius 2 is 1.34 bits per heavy atom. The Kier molecular flexibility index (Phi) is 6.67. The highest BCUT2D eigenvalue weighted by atomic mass is 32.2. The second-order valence-corrected chi connectivity index (χ2v) is 8.65. The van der Waals surface area contributed by atoms with Crippen molar-refractivity contribution in [1.82, 2.24) is 5.32 Å². The number of anilines is 1. The number of rotatable bonds is 8. The molecule has 3 rings (SSSR count). The number of nitrogens with one attached hydrogen (secondary N) is 2. The Morgan fingerprint density at radius 3 is 1.90 bits per heavy atom. The molecule has 29 heavy (non-hydrogen) atoms. The van der Waals surface area contributed by atoms with E-state index < -0.39 is 10.0 Å². The highest BCUT2D eigenvalue weighted by Crippen LogP contribution is 2.24. The molecule has 6 heteroatoms. The van der Waals surface area contributed by atoms with Gasteiger partial charge in [-0.15, -0.1) is 0 Å². The van der Waals surface area contributed by atoms with E-state index in [1.807, 2.05) is 60.7 Å². The lowest BCUT2D eigenvalue weighted by atomic mass is 9.91. The van der Waals surface area contributed by atoms with Gasteiger partial charge in [0.25, 0.3) is 5.91 Å². The summed E-state index contributed by atoms with van der Waals surface area (Å²) in [5.74, 6) is -0.398. The first-order valence-corrected chi connectivity index (χ1v) is 11.1. The fraction of sp³-hybridized carbons (Fsp3) is 0.174. The van der Waals surface area contributed by atoms with Crippen molar-refractivity contribution in [2.75, 3.05) is 17.0 Å². The highest BCUT2D eigenvalue weighted by molar-refractivity contribution is 7.92. The maximum absolute atomic E-state index is 12.9. The van der Waals surface area contributed by atoms with Crippen molar-refractivity contribution >= 4 is 21.6 Å². The van der Waals surface area contributed by atoms with E-state index in [4.69, 9.17) is 0 Å². The average molecular weight is 409 g/mol. The Bertz CT molecular complexity index is 1010. The zero-order chi connectivity index (χ0) is 20.7. The van der Waals surface area contributed by atoms with Crippen molar-refractivity contribution < 1.29 is 13.2 Å². The molecule has 0 aliphatic carbocycles. The van der Waals surface area contributed by atoms with Crippen molar-refractivity contribution in [3.8, 4) is 0 Å². The lowest BCUT2D eigenvalue weighted by Crippen LogP contribution is -2.30. The van der Waals surface area contributed by atoms with Gasteiger partial charge in [0, 0.05) is 12.5 Å². The van der Waals surface area contributed by atoms with Crippen LogP contribution in [0, 0.1) is 0 Å². The van der Waals surface area contributed by atoms with Crippen LogP contribution in [0.1, 0.15) is 34.3 Å². The van der Waals surface area contributed by atoms with E-state index in [-0.39, 0.29) is 23.3 Å². The predicted octanol–water partition coefficient (Wildman–Crippen LogP) is 4.01. The van der Waals surface area contributed by atoms with Crippen molar-refractivity contribution in [3.05, 3.63) is 102 Å². The summed E-state index contributed by atoms with van der Waals surface area (Å²) in [6.07, 6.45) is 0. The zero-order valence-electron chi connectivity index (χ0n) is 16.2. The van der Waals surface area contributed by atoms with Gasteiger partial charge in [0.05, 0.1) is 17.0 Å². The number of benzene rings is 3. The number of para-hydroxylation sites is 1. The summed E-state index contributed by atoms with van der Waals surface area (Å²) >= 11 is 0. The summed E-state index contributed by atoms with van der Waals surface area (Å²) in [7, 11) is -3.48. The van der Waals surface area contributed by atoms with Gasteiger partial charge in [0.15, 0.2) is 0 Å². The molecular formula is C23H24N2O3S. The summed E-state index contributed by atoms with van der Waals surface area (Å²) in [5.41, 5.74) is 2.77. The third-order valence-electron chi connectivity index (χ3n) is 4.69. The first-order chi connectivity index (χ1) is 14.0. The van der Waals surface area contributed by atoms with Crippen LogP contribution in [0.2, 0.25) is 0 Å². The average Bonchev–Trinajstić information content (AvgIpc) is 2.75. The van der Waals surface area contributed by atoms with Crippen molar-refractivity contribution in [2.45, 2.75) is 12.8 Å². The summed E-state index contributed by atoms with van der Waals surface area (Å²) in [4.78, 5) is 12.9. The molecule has 0 saturated heterocycles. The van der Waals surface area contributed by atoms with Crippen LogP contribution in [0.4, 0.5) is 5.69 Å². The first-order valence-electron chi connectivity index (χ1n) is 9.48. The van der Waals surface area contributed by atoms with Crippen molar-refractivity contribution in [1.29, 1.82) is 0 Å². The number of hydrogen-bond acceptors (Lipinski definition) is 3. The standard InChI is InChI=1S/C23H24N2O3S/c1-2-29(27,28)25-22-16-10-9-15-20(22)23(26)24-17-21(18-11-5-3-6-12-18)19-13-7-4-8-14-19/h3-16,21,25H,2,17H2,1H3,(H,24,26). The predicted molar refractivity (Wildman–Crippen MR) is 117 cm³/mol. The molecule has 0 spiro atoms. The summed E-state index contributed by atoms with van der Waals surface area (Å²) in [5, 5.41) is 2.97. The van der Waals surface area contributed by atoms with Crippen LogP contribution in [0.5, 0.6) is 0 Å². The molecule has 1 amide bonds. The zero-order valence-corrected chi connectivity index (χ0v) is 17.0. The maximum atomic E-state index is 12.9. The van der Waals surface area contributed by atoms with Gasteiger partial charge in [0.1, 0.15) is 0 Å². The second kappa shape index (κ2) is 9.39. The van der Waals surface area contributed by atoms with Crippen molar-refractivity contribution in [2.24, 2.45) is 0 Å². The number of hydrogen-bond donors (Lipinski definition) is 2. The van der Waals surface area contributed by atoms with Crippen LogP contribution in [-0.2, 0) is 10.0 Å². The quantitative estimate of drug-likeness (QED) is 0.591. The molecule has 0 saturated carbocycles. The monoisotopic (exact) mass is 408 g/mol. The normalized spacial score (nSPS) is 11.2. The number of amides is 1. The van der Waals surface area contributed by atoms with Gasteiger partial charge in [-0.2, -0.15) is 0 Å². The third-order valence-corrected chi connectivity index (χ3v) is 5.98. The second-order valence-electron chi connectivity index (χ2n) is 6.64. The van der Waals surface area contributed by atoms with E-state index in [1.165, 1.54) is 0 Å². The molecule has 0 bridgehead atoms. The van der Waals surface area contributed by atoms with Gasteiger partial charge in [-0.05, 0) is 30.2 Å². The Morgan fingerprint density at radius 1 is 0.828 bits per heavy atom. The molecule has 5 nitrogen and oxygen atoms in total. The lowest BCUT2D eigenvalue weighted by molar-refractivity contribution is 0.0953. The minimum atomic E-state index is -3.48. The number of carbonyl (C=O) groups excluding carboxylic acids is 1. The molecule has 0 heterocycles. The van der Waals surface area contributed by atoms with Crippen LogP contribution in [-0.4, -0.2) is 26.6 Å². The SMILES string of the molecule is CCS(=O)(=O)Nc1ccccc1C(=O)NCC(c1ccccc1)c1ccccc1. The minimum absolute atomic E-state index is 0.0131. The van der Waals surface area contributed by atoms with Crippen molar-refractivity contribution in [3.63, 3.8) is 0 Å². The molecule has 0 radical (unpaired) electrons. The van der Waals surface area contributed by atoms with E-state index in [2.05, 4.69) is 10.0 Å². The maximum Gasteiger partial charge on any atom is 0.253 e. The van der Waals surface area contributed by atoms with Gasteiger partial charge >= 0.3 is 0 Å². The smallest absolute Gasteiger partial charge is 0.253 e. The van der Waals surface area contributed by atoms with Gasteiger partial charge < -0.3 is 5.32 Å². The van der Waals surface area contributed by atoms with Gasteiger partial charge in [0.2, 0.25) is 10.0 Å². The Balaban J connectivity index is 1.81. The molecule has 3 aromatic rings. The summed E-state index contributed by atoms with van der Waals surface area (Å²) in [6, 6.07) is 26.6. The van der Waals surface area contributed by atoms with Gasteiger partial charge in [-0.1, -0.05) is 72.8 Å². The van der Waals surface area contributed by atoms with Crippen LogP contribution in [0.3, 0.4) is 0 Å². The lowest BCUT2D eigenvalue weighted by Gasteiger charge is -2.19. The first kappa shape index (κ1) is 20.6. The third kappa shape index (κ3) is 5.45. The largest absolute Gasteiger partial charge is 0.351 e. The van der Waals surface area contributed by atoms with E-state index in [0.29, 0.717) is 12.1 Å². The van der Waals surface area contributed by atoms with Crippen LogP contribution >= 0.6 is 0 Å². The summed E-state index contributed by atoms with van der Waals surface area (Å²) in [6.45, 7) is 1.94. The van der Waals surface area contributed by atoms with E-state index in [1.54, 1.807) is 31.2 Å². The molecule has 0 unspecified atom stereocenters. The Hall–Kier alpha value is -3.12. The van der Waals surface area contributed by atoms with E-state index in [9.17, 15) is 13.2 Å². The summed E-state index contributed by atoms with van der Waals surface area (Å²) < 4.78 is 26.4. The molecular weight excluding hydrogens is 384 g/mol. The van der Waals surface area contributed by atoms with Crippen LogP contribution < -0.4 is 10.0 Å². The molecule has 3 aromatic carbocycles. The topological polar surface area (TPSA) is 75.3 Å².